The Morgan fingerprint density at radius 2 is 1.86 bits per heavy atom. The van der Waals surface area contributed by atoms with Crippen molar-refractivity contribution in [1.29, 1.82) is 0 Å². The first-order valence-electron chi connectivity index (χ1n) is 7.70. The maximum absolute atomic E-state index is 10.7. The van der Waals surface area contributed by atoms with E-state index in [1.54, 1.807) is 0 Å². The van der Waals surface area contributed by atoms with Crippen molar-refractivity contribution >= 4 is 5.69 Å². The fourth-order valence-electron chi connectivity index (χ4n) is 3.40. The lowest BCUT2D eigenvalue weighted by Crippen LogP contribution is -2.33. The predicted molar refractivity (Wildman–Crippen MR) is 80.8 cm³/mol. The van der Waals surface area contributed by atoms with E-state index in [1.165, 1.54) is 6.42 Å². The molecule has 1 aromatic rings. The second kappa shape index (κ2) is 6.12. The van der Waals surface area contributed by atoms with Crippen LogP contribution in [0.3, 0.4) is 0 Å². The molecular formula is C16H22N2O3. The van der Waals surface area contributed by atoms with Gasteiger partial charge in [0.2, 0.25) is 0 Å². The van der Waals surface area contributed by atoms with Crippen molar-refractivity contribution in [2.45, 2.75) is 56.5 Å². The van der Waals surface area contributed by atoms with Crippen LogP contribution in [0.25, 0.3) is 0 Å². The van der Waals surface area contributed by atoms with E-state index in [0.717, 1.165) is 36.9 Å². The monoisotopic (exact) mass is 290 g/mol. The molecule has 2 N–H and O–H groups in total. The number of nitrogens with two attached hydrogens (primary N) is 1. The fourth-order valence-corrected chi connectivity index (χ4v) is 3.40. The van der Waals surface area contributed by atoms with E-state index < -0.39 is 5.79 Å². The van der Waals surface area contributed by atoms with Gasteiger partial charge >= 0.3 is 0 Å². The highest BCUT2D eigenvalue weighted by atomic mass is 16.8. The van der Waals surface area contributed by atoms with Crippen LogP contribution in [0.2, 0.25) is 0 Å². The first kappa shape index (κ1) is 14.5. The molecule has 0 bridgehead atoms. The van der Waals surface area contributed by atoms with Gasteiger partial charge < -0.3 is 15.2 Å². The number of benzene rings is 1. The van der Waals surface area contributed by atoms with Gasteiger partial charge in [-0.1, -0.05) is 29.8 Å². The number of nitroso groups, excluding NO2 is 1. The fraction of sp³-hybridized carbons (Fsp3) is 0.625. The van der Waals surface area contributed by atoms with Gasteiger partial charge in [-0.15, -0.1) is 0 Å². The molecule has 1 aromatic carbocycles. The molecule has 1 heterocycles. The van der Waals surface area contributed by atoms with Crippen LogP contribution < -0.4 is 5.73 Å². The minimum atomic E-state index is -0.498. The standard InChI is InChI=1S/C16H22N2O3/c17-13-7-3-2-6-12(13)10-14-15(11-18-19)21-16(20-14)8-4-1-5-9-16/h2-3,6-7,14-15H,1,4-5,8-11,17H2/t14-,15-/m1/s1. The van der Waals surface area contributed by atoms with Crippen molar-refractivity contribution in [3.8, 4) is 0 Å². The summed E-state index contributed by atoms with van der Waals surface area (Å²) in [7, 11) is 0. The van der Waals surface area contributed by atoms with Crippen molar-refractivity contribution < 1.29 is 9.47 Å². The zero-order valence-corrected chi connectivity index (χ0v) is 12.2. The Morgan fingerprint density at radius 3 is 2.57 bits per heavy atom. The molecule has 0 aromatic heterocycles. The van der Waals surface area contributed by atoms with E-state index in [9.17, 15) is 4.91 Å². The molecular weight excluding hydrogens is 268 g/mol. The Balaban J connectivity index is 1.75. The van der Waals surface area contributed by atoms with Gasteiger partial charge in [0.25, 0.3) is 0 Å². The summed E-state index contributed by atoms with van der Waals surface area (Å²) in [5.41, 5.74) is 7.80. The average Bonchev–Trinajstić information content (AvgIpc) is 2.80. The van der Waals surface area contributed by atoms with E-state index in [4.69, 9.17) is 15.2 Å². The Kier molecular flexibility index (Phi) is 4.22. The lowest BCUT2D eigenvalue weighted by Gasteiger charge is -2.32. The number of nitrogens with zero attached hydrogens (tertiary/aromatic N) is 1. The van der Waals surface area contributed by atoms with Crippen molar-refractivity contribution in [2.75, 3.05) is 12.3 Å². The van der Waals surface area contributed by atoms with Crippen LogP contribution in [0, 0.1) is 4.91 Å². The van der Waals surface area contributed by atoms with Crippen molar-refractivity contribution in [2.24, 2.45) is 5.18 Å². The summed E-state index contributed by atoms with van der Waals surface area (Å²) < 4.78 is 12.3. The molecule has 2 aliphatic rings. The zero-order chi connectivity index (χ0) is 14.7. The Morgan fingerprint density at radius 1 is 1.14 bits per heavy atom. The quantitative estimate of drug-likeness (QED) is 0.683. The molecule has 3 rings (SSSR count). The summed E-state index contributed by atoms with van der Waals surface area (Å²) in [5, 5.41) is 3.02. The van der Waals surface area contributed by atoms with Gasteiger partial charge in [-0.2, -0.15) is 4.91 Å². The second-order valence-corrected chi connectivity index (χ2v) is 6.00. The molecule has 5 heteroatoms. The predicted octanol–water partition coefficient (Wildman–Crippen LogP) is 3.02. The molecule has 0 amide bonds. The Bertz CT molecular complexity index is 500. The number of ether oxygens (including phenoxy) is 2. The number of rotatable bonds is 4. The summed E-state index contributed by atoms with van der Waals surface area (Å²) in [5.74, 6) is -0.498. The molecule has 114 valence electrons. The lowest BCUT2D eigenvalue weighted by molar-refractivity contribution is -0.193. The number of anilines is 1. The first-order chi connectivity index (χ1) is 10.2. The largest absolute Gasteiger partial charge is 0.399 e. The Labute approximate surface area is 124 Å². The van der Waals surface area contributed by atoms with Gasteiger partial charge in [-0.05, 0) is 24.5 Å². The van der Waals surface area contributed by atoms with Crippen LogP contribution in [0.5, 0.6) is 0 Å². The number of hydrogen-bond acceptors (Lipinski definition) is 5. The minimum absolute atomic E-state index is 0.138. The van der Waals surface area contributed by atoms with E-state index in [0.29, 0.717) is 6.42 Å². The van der Waals surface area contributed by atoms with Gasteiger partial charge in [0.1, 0.15) is 12.6 Å². The molecule has 0 unspecified atom stereocenters. The molecule has 1 saturated carbocycles. The molecule has 2 fully saturated rings. The number of nitrogen functional groups attached to an aromatic ring is 1. The highest BCUT2D eigenvalue weighted by molar-refractivity contribution is 5.46. The summed E-state index contributed by atoms with van der Waals surface area (Å²) in [4.78, 5) is 10.7. The maximum Gasteiger partial charge on any atom is 0.169 e. The number of para-hydroxylation sites is 1. The molecule has 1 spiro atoms. The molecule has 1 aliphatic heterocycles. The first-order valence-corrected chi connectivity index (χ1v) is 7.70. The second-order valence-electron chi connectivity index (χ2n) is 6.00. The Hall–Kier alpha value is -1.46. The normalized spacial score (nSPS) is 27.8. The molecule has 1 aliphatic carbocycles. The third kappa shape index (κ3) is 3.09. The van der Waals surface area contributed by atoms with E-state index in [1.807, 2.05) is 24.3 Å². The van der Waals surface area contributed by atoms with E-state index in [-0.39, 0.29) is 18.8 Å². The highest BCUT2D eigenvalue weighted by Gasteiger charge is 2.47. The third-order valence-electron chi connectivity index (χ3n) is 4.49. The minimum Gasteiger partial charge on any atom is -0.399 e. The van der Waals surface area contributed by atoms with Crippen molar-refractivity contribution in [3.05, 3.63) is 34.7 Å². The summed E-state index contributed by atoms with van der Waals surface area (Å²) in [6, 6.07) is 7.76. The smallest absolute Gasteiger partial charge is 0.169 e. The zero-order valence-electron chi connectivity index (χ0n) is 12.2. The van der Waals surface area contributed by atoms with Gasteiger partial charge in [0.05, 0.1) is 6.10 Å². The van der Waals surface area contributed by atoms with E-state index in [2.05, 4.69) is 5.18 Å². The summed E-state index contributed by atoms with van der Waals surface area (Å²) >= 11 is 0. The van der Waals surface area contributed by atoms with Crippen molar-refractivity contribution in [3.63, 3.8) is 0 Å². The maximum atomic E-state index is 10.7. The molecule has 2 atom stereocenters. The van der Waals surface area contributed by atoms with Gasteiger partial charge in [0.15, 0.2) is 5.79 Å². The summed E-state index contributed by atoms with van der Waals surface area (Å²) in [6.45, 7) is 0.138. The summed E-state index contributed by atoms with van der Waals surface area (Å²) in [6.07, 6.45) is 5.51. The van der Waals surface area contributed by atoms with Crippen molar-refractivity contribution in [1.82, 2.24) is 0 Å². The lowest BCUT2D eigenvalue weighted by atomic mass is 9.94. The van der Waals surface area contributed by atoms with Crippen LogP contribution >= 0.6 is 0 Å². The van der Waals surface area contributed by atoms with Crippen LogP contribution in [0.4, 0.5) is 5.69 Å². The van der Waals surface area contributed by atoms with Crippen LogP contribution in [0.15, 0.2) is 29.4 Å². The molecule has 5 nitrogen and oxygen atoms in total. The molecule has 0 radical (unpaired) electrons. The highest BCUT2D eigenvalue weighted by Crippen LogP contribution is 2.41. The van der Waals surface area contributed by atoms with Gasteiger partial charge in [-0.3, -0.25) is 0 Å². The van der Waals surface area contributed by atoms with Crippen LogP contribution in [-0.2, 0) is 15.9 Å². The molecule has 21 heavy (non-hydrogen) atoms. The third-order valence-corrected chi connectivity index (χ3v) is 4.49. The van der Waals surface area contributed by atoms with E-state index >= 15 is 0 Å². The SMILES string of the molecule is Nc1ccccc1C[C@H]1OC2(CCCCC2)O[C@@H]1CN=O. The van der Waals surface area contributed by atoms with Crippen LogP contribution in [-0.4, -0.2) is 24.5 Å². The van der Waals surface area contributed by atoms with Crippen LogP contribution in [0.1, 0.15) is 37.7 Å². The topological polar surface area (TPSA) is 73.9 Å². The molecule has 1 saturated heterocycles. The number of hydrogen-bond donors (Lipinski definition) is 1. The van der Waals surface area contributed by atoms with Gasteiger partial charge in [0, 0.05) is 24.9 Å². The average molecular weight is 290 g/mol. The van der Waals surface area contributed by atoms with Gasteiger partial charge in [-0.25, -0.2) is 0 Å².